The third-order valence-corrected chi connectivity index (χ3v) is 2.75. The fraction of sp³-hybridized carbons (Fsp3) is 0.500. The smallest absolute Gasteiger partial charge is 0.119 e. The third kappa shape index (κ3) is 5.13. The standard InChI is InChI=1S/C12H18N2O.2ClH/c1-15-12-4-2-3-11(9-12)10-14-7-5-13-6-8-14;;/h2-4,9,13H,5-8,10H2,1H3;2*1H. The van der Waals surface area contributed by atoms with E-state index in [1.807, 2.05) is 6.07 Å². The molecule has 17 heavy (non-hydrogen) atoms. The Labute approximate surface area is 115 Å². The molecule has 0 aromatic heterocycles. The molecule has 1 aromatic rings. The average molecular weight is 279 g/mol. The van der Waals surface area contributed by atoms with E-state index in [1.54, 1.807) is 7.11 Å². The Balaban J connectivity index is 0.00000128. The largest absolute Gasteiger partial charge is 0.497 e. The summed E-state index contributed by atoms with van der Waals surface area (Å²) in [7, 11) is 1.71. The number of piperazine rings is 1. The molecule has 0 saturated carbocycles. The third-order valence-electron chi connectivity index (χ3n) is 2.75. The van der Waals surface area contributed by atoms with E-state index in [0.29, 0.717) is 0 Å². The molecule has 1 saturated heterocycles. The number of hydrogen-bond donors (Lipinski definition) is 1. The first kappa shape index (κ1) is 16.5. The average Bonchev–Trinajstić information content (AvgIpc) is 2.31. The lowest BCUT2D eigenvalue weighted by atomic mass is 10.2. The van der Waals surface area contributed by atoms with E-state index in [9.17, 15) is 0 Å². The van der Waals surface area contributed by atoms with Gasteiger partial charge in [0.15, 0.2) is 0 Å². The monoisotopic (exact) mass is 278 g/mol. The van der Waals surface area contributed by atoms with Crippen molar-refractivity contribution in [1.29, 1.82) is 0 Å². The van der Waals surface area contributed by atoms with Crippen LogP contribution in [-0.4, -0.2) is 38.2 Å². The molecular formula is C12H20Cl2N2O. The Kier molecular flexibility index (Phi) is 8.35. The van der Waals surface area contributed by atoms with Gasteiger partial charge in [0, 0.05) is 32.7 Å². The van der Waals surface area contributed by atoms with E-state index in [1.165, 1.54) is 5.56 Å². The van der Waals surface area contributed by atoms with Crippen molar-refractivity contribution < 1.29 is 4.74 Å². The minimum Gasteiger partial charge on any atom is -0.497 e. The first-order valence-corrected chi connectivity index (χ1v) is 5.44. The van der Waals surface area contributed by atoms with Gasteiger partial charge in [-0.2, -0.15) is 0 Å². The molecular weight excluding hydrogens is 259 g/mol. The van der Waals surface area contributed by atoms with Crippen LogP contribution in [0.15, 0.2) is 24.3 Å². The lowest BCUT2D eigenvalue weighted by molar-refractivity contribution is 0.233. The number of halogens is 2. The number of ether oxygens (including phenoxy) is 1. The zero-order valence-electron chi connectivity index (χ0n) is 10.0. The van der Waals surface area contributed by atoms with Crippen LogP contribution in [0.3, 0.4) is 0 Å². The molecule has 0 atom stereocenters. The topological polar surface area (TPSA) is 24.5 Å². The maximum absolute atomic E-state index is 5.21. The molecule has 0 bridgehead atoms. The van der Waals surface area contributed by atoms with Gasteiger partial charge in [0.05, 0.1) is 7.11 Å². The van der Waals surface area contributed by atoms with Crippen molar-refractivity contribution in [3.63, 3.8) is 0 Å². The van der Waals surface area contributed by atoms with Crippen LogP contribution >= 0.6 is 24.8 Å². The summed E-state index contributed by atoms with van der Waals surface area (Å²) in [6.45, 7) is 5.50. The highest BCUT2D eigenvalue weighted by Crippen LogP contribution is 2.14. The van der Waals surface area contributed by atoms with Gasteiger partial charge in [0.1, 0.15) is 5.75 Å². The van der Waals surface area contributed by atoms with E-state index in [0.717, 1.165) is 38.5 Å². The summed E-state index contributed by atoms with van der Waals surface area (Å²) >= 11 is 0. The molecule has 0 aliphatic carbocycles. The number of benzene rings is 1. The minimum absolute atomic E-state index is 0. The summed E-state index contributed by atoms with van der Waals surface area (Å²) in [5.74, 6) is 0.947. The first-order chi connectivity index (χ1) is 7.38. The fourth-order valence-corrected chi connectivity index (χ4v) is 1.90. The van der Waals surface area contributed by atoms with Gasteiger partial charge >= 0.3 is 0 Å². The van der Waals surface area contributed by atoms with Crippen molar-refractivity contribution in [2.75, 3.05) is 33.3 Å². The Morgan fingerprint density at radius 3 is 2.59 bits per heavy atom. The second kappa shape index (κ2) is 8.59. The van der Waals surface area contributed by atoms with Crippen LogP contribution in [-0.2, 0) is 6.54 Å². The number of methoxy groups -OCH3 is 1. The van der Waals surface area contributed by atoms with E-state index >= 15 is 0 Å². The molecule has 98 valence electrons. The van der Waals surface area contributed by atoms with Crippen LogP contribution in [0.25, 0.3) is 0 Å². The summed E-state index contributed by atoms with van der Waals surface area (Å²) in [6, 6.07) is 8.31. The summed E-state index contributed by atoms with van der Waals surface area (Å²) in [6.07, 6.45) is 0. The molecule has 1 aromatic carbocycles. The van der Waals surface area contributed by atoms with Crippen molar-refractivity contribution in [3.8, 4) is 5.75 Å². The van der Waals surface area contributed by atoms with Gasteiger partial charge in [-0.1, -0.05) is 12.1 Å². The molecule has 1 N–H and O–H groups in total. The number of nitrogens with zero attached hydrogens (tertiary/aromatic N) is 1. The van der Waals surface area contributed by atoms with Gasteiger partial charge in [-0.05, 0) is 17.7 Å². The molecule has 0 spiro atoms. The maximum atomic E-state index is 5.21. The second-order valence-electron chi connectivity index (χ2n) is 3.88. The van der Waals surface area contributed by atoms with Crippen molar-refractivity contribution in [2.24, 2.45) is 0 Å². The molecule has 0 radical (unpaired) electrons. The molecule has 0 unspecified atom stereocenters. The van der Waals surface area contributed by atoms with Crippen LogP contribution in [0, 0.1) is 0 Å². The lowest BCUT2D eigenvalue weighted by Gasteiger charge is -2.27. The molecule has 2 rings (SSSR count). The van der Waals surface area contributed by atoms with Gasteiger partial charge < -0.3 is 10.1 Å². The molecule has 0 amide bonds. The fourth-order valence-electron chi connectivity index (χ4n) is 1.90. The highest BCUT2D eigenvalue weighted by molar-refractivity contribution is 5.85. The van der Waals surface area contributed by atoms with E-state index in [-0.39, 0.29) is 24.8 Å². The Morgan fingerprint density at radius 1 is 1.24 bits per heavy atom. The van der Waals surface area contributed by atoms with Crippen molar-refractivity contribution in [3.05, 3.63) is 29.8 Å². The van der Waals surface area contributed by atoms with Crippen LogP contribution in [0.5, 0.6) is 5.75 Å². The molecule has 1 aliphatic rings. The van der Waals surface area contributed by atoms with Crippen LogP contribution in [0.4, 0.5) is 0 Å². The SMILES string of the molecule is COc1cccc(CN2CCNCC2)c1.Cl.Cl. The van der Waals surface area contributed by atoms with E-state index in [4.69, 9.17) is 4.74 Å². The second-order valence-corrected chi connectivity index (χ2v) is 3.88. The zero-order chi connectivity index (χ0) is 10.5. The maximum Gasteiger partial charge on any atom is 0.119 e. The Hall–Kier alpha value is -0.480. The van der Waals surface area contributed by atoms with E-state index in [2.05, 4.69) is 28.4 Å². The van der Waals surface area contributed by atoms with Crippen LogP contribution in [0.1, 0.15) is 5.56 Å². The quantitative estimate of drug-likeness (QED) is 0.915. The van der Waals surface area contributed by atoms with Crippen LogP contribution < -0.4 is 10.1 Å². The van der Waals surface area contributed by atoms with Crippen LogP contribution in [0.2, 0.25) is 0 Å². The van der Waals surface area contributed by atoms with Gasteiger partial charge in [-0.25, -0.2) is 0 Å². The highest BCUT2D eigenvalue weighted by atomic mass is 35.5. The lowest BCUT2D eigenvalue weighted by Crippen LogP contribution is -2.42. The summed E-state index contributed by atoms with van der Waals surface area (Å²) < 4.78 is 5.21. The van der Waals surface area contributed by atoms with E-state index < -0.39 is 0 Å². The van der Waals surface area contributed by atoms with Crippen molar-refractivity contribution >= 4 is 24.8 Å². The predicted molar refractivity (Wildman–Crippen MR) is 75.6 cm³/mol. The number of rotatable bonds is 3. The zero-order valence-corrected chi connectivity index (χ0v) is 11.6. The summed E-state index contributed by atoms with van der Waals surface area (Å²) in [5.41, 5.74) is 1.33. The van der Waals surface area contributed by atoms with Crippen molar-refractivity contribution in [2.45, 2.75) is 6.54 Å². The van der Waals surface area contributed by atoms with Crippen molar-refractivity contribution in [1.82, 2.24) is 10.2 Å². The van der Waals surface area contributed by atoms with Gasteiger partial charge in [0.25, 0.3) is 0 Å². The highest BCUT2D eigenvalue weighted by Gasteiger charge is 2.09. The first-order valence-electron chi connectivity index (χ1n) is 5.44. The normalized spacial score (nSPS) is 15.6. The molecule has 3 nitrogen and oxygen atoms in total. The number of hydrogen-bond acceptors (Lipinski definition) is 3. The summed E-state index contributed by atoms with van der Waals surface area (Å²) in [4.78, 5) is 2.46. The molecule has 1 heterocycles. The molecule has 1 fully saturated rings. The summed E-state index contributed by atoms with van der Waals surface area (Å²) in [5, 5.41) is 3.36. The Morgan fingerprint density at radius 2 is 1.94 bits per heavy atom. The molecule has 1 aliphatic heterocycles. The minimum atomic E-state index is 0. The van der Waals surface area contributed by atoms with Gasteiger partial charge in [-0.3, -0.25) is 4.90 Å². The Bertz CT molecular complexity index is 317. The van der Waals surface area contributed by atoms with Gasteiger partial charge in [0.2, 0.25) is 0 Å². The molecule has 5 heteroatoms. The number of nitrogens with one attached hydrogen (secondary N) is 1. The predicted octanol–water partition coefficient (Wildman–Crippen LogP) is 1.94. The van der Waals surface area contributed by atoms with Gasteiger partial charge in [-0.15, -0.1) is 24.8 Å².